The van der Waals surface area contributed by atoms with Gasteiger partial charge in [0.15, 0.2) is 0 Å². The van der Waals surface area contributed by atoms with Crippen molar-refractivity contribution in [1.82, 2.24) is 5.32 Å². The highest BCUT2D eigenvalue weighted by Gasteiger charge is 2.02. The fourth-order valence-corrected chi connectivity index (χ4v) is 1.65. The molecule has 0 radical (unpaired) electrons. The number of aryl methyl sites for hydroxylation is 1. The maximum absolute atomic E-state index is 10.7. The molecular weight excluding hydrogens is 202 g/mol. The van der Waals surface area contributed by atoms with Crippen LogP contribution in [0, 0.1) is 0 Å². The average molecular weight is 221 g/mol. The monoisotopic (exact) mass is 221 g/mol. The lowest BCUT2D eigenvalue weighted by atomic mass is 10.1. The van der Waals surface area contributed by atoms with E-state index in [2.05, 4.69) is 18.3 Å². The number of hydrogen-bond donors (Lipinski definition) is 1. The Kier molecular flexibility index (Phi) is 4.83. The highest BCUT2D eigenvalue weighted by atomic mass is 16.5. The highest BCUT2D eigenvalue weighted by Crippen LogP contribution is 2.20. The number of carbonyl (C=O) groups is 1. The molecule has 0 saturated carbocycles. The number of amides is 1. The summed E-state index contributed by atoms with van der Waals surface area (Å²) in [6.07, 6.45) is 1.81. The number of nitrogens with one attached hydrogen (secondary N) is 1. The maximum Gasteiger partial charge on any atom is 0.216 e. The van der Waals surface area contributed by atoms with Crippen LogP contribution in [0.3, 0.4) is 0 Å². The Morgan fingerprint density at radius 3 is 2.75 bits per heavy atom. The quantitative estimate of drug-likeness (QED) is 0.825. The summed E-state index contributed by atoms with van der Waals surface area (Å²) in [4.78, 5) is 10.7. The van der Waals surface area contributed by atoms with Crippen LogP contribution in [0.15, 0.2) is 18.2 Å². The minimum Gasteiger partial charge on any atom is -0.496 e. The van der Waals surface area contributed by atoms with E-state index in [1.54, 1.807) is 7.11 Å². The summed E-state index contributed by atoms with van der Waals surface area (Å²) in [5.41, 5.74) is 2.44. The molecule has 0 aliphatic rings. The Bertz CT molecular complexity index is 361. The van der Waals surface area contributed by atoms with Gasteiger partial charge in [-0.3, -0.25) is 4.79 Å². The van der Waals surface area contributed by atoms with E-state index >= 15 is 0 Å². The van der Waals surface area contributed by atoms with Crippen molar-refractivity contribution in [3.63, 3.8) is 0 Å². The van der Waals surface area contributed by atoms with Gasteiger partial charge in [0.1, 0.15) is 5.75 Å². The van der Waals surface area contributed by atoms with E-state index in [1.165, 1.54) is 18.1 Å². The fourth-order valence-electron chi connectivity index (χ4n) is 1.65. The standard InChI is InChI=1S/C13H19NO2/c1-4-12-9-11(5-6-13(12)16-3)7-8-14-10(2)15/h5-6,9H,4,7-8H2,1-3H3,(H,14,15). The summed E-state index contributed by atoms with van der Waals surface area (Å²) in [6, 6.07) is 6.17. The predicted octanol–water partition coefficient (Wildman–Crippen LogP) is 1.94. The Hall–Kier alpha value is -1.51. The van der Waals surface area contributed by atoms with Crippen molar-refractivity contribution >= 4 is 5.91 Å². The van der Waals surface area contributed by atoms with Crippen molar-refractivity contribution < 1.29 is 9.53 Å². The van der Waals surface area contributed by atoms with Crippen LogP contribution in [0.4, 0.5) is 0 Å². The van der Waals surface area contributed by atoms with E-state index in [4.69, 9.17) is 4.74 Å². The van der Waals surface area contributed by atoms with Crippen LogP contribution in [0.2, 0.25) is 0 Å². The van der Waals surface area contributed by atoms with Gasteiger partial charge in [0, 0.05) is 13.5 Å². The zero-order valence-corrected chi connectivity index (χ0v) is 10.2. The van der Waals surface area contributed by atoms with Crippen molar-refractivity contribution in [3.8, 4) is 5.75 Å². The van der Waals surface area contributed by atoms with Crippen LogP contribution < -0.4 is 10.1 Å². The highest BCUT2D eigenvalue weighted by molar-refractivity contribution is 5.72. The molecule has 0 aliphatic carbocycles. The third-order valence-electron chi connectivity index (χ3n) is 2.51. The largest absolute Gasteiger partial charge is 0.496 e. The summed E-state index contributed by atoms with van der Waals surface area (Å²) in [5, 5.41) is 2.79. The van der Waals surface area contributed by atoms with Gasteiger partial charge in [-0.1, -0.05) is 19.1 Å². The first-order chi connectivity index (χ1) is 7.67. The SMILES string of the molecule is CCc1cc(CCNC(C)=O)ccc1OC. The topological polar surface area (TPSA) is 38.3 Å². The minimum atomic E-state index is 0.0178. The molecule has 0 heterocycles. The van der Waals surface area contributed by atoms with Crippen LogP contribution in [0.25, 0.3) is 0 Å². The number of carbonyl (C=O) groups excluding carboxylic acids is 1. The molecule has 3 nitrogen and oxygen atoms in total. The zero-order chi connectivity index (χ0) is 12.0. The van der Waals surface area contributed by atoms with Crippen LogP contribution in [0.1, 0.15) is 25.0 Å². The number of methoxy groups -OCH3 is 1. The van der Waals surface area contributed by atoms with Crippen molar-refractivity contribution in [2.24, 2.45) is 0 Å². The summed E-state index contributed by atoms with van der Waals surface area (Å²) in [6.45, 7) is 4.33. The molecule has 0 bridgehead atoms. The molecule has 0 aromatic heterocycles. The molecule has 1 aromatic carbocycles. The van der Waals surface area contributed by atoms with Gasteiger partial charge < -0.3 is 10.1 Å². The molecule has 1 rings (SSSR count). The third-order valence-corrected chi connectivity index (χ3v) is 2.51. The van der Waals surface area contributed by atoms with Crippen LogP contribution in [-0.4, -0.2) is 19.6 Å². The van der Waals surface area contributed by atoms with Gasteiger partial charge in [-0.25, -0.2) is 0 Å². The molecule has 3 heteroatoms. The molecule has 0 spiro atoms. The zero-order valence-electron chi connectivity index (χ0n) is 10.2. The molecule has 0 fully saturated rings. The second-order valence-corrected chi connectivity index (χ2v) is 3.73. The molecule has 0 unspecified atom stereocenters. The van der Waals surface area contributed by atoms with Gasteiger partial charge in [0.2, 0.25) is 5.91 Å². The van der Waals surface area contributed by atoms with Crippen LogP contribution >= 0.6 is 0 Å². The van der Waals surface area contributed by atoms with E-state index in [9.17, 15) is 4.79 Å². The molecule has 0 saturated heterocycles. The maximum atomic E-state index is 10.7. The molecule has 16 heavy (non-hydrogen) atoms. The Morgan fingerprint density at radius 1 is 1.44 bits per heavy atom. The first kappa shape index (κ1) is 12.6. The van der Waals surface area contributed by atoms with Gasteiger partial charge in [-0.15, -0.1) is 0 Å². The number of rotatable bonds is 5. The van der Waals surface area contributed by atoms with E-state index < -0.39 is 0 Å². The van der Waals surface area contributed by atoms with Crippen molar-refractivity contribution in [2.45, 2.75) is 26.7 Å². The van der Waals surface area contributed by atoms with E-state index in [0.717, 1.165) is 18.6 Å². The van der Waals surface area contributed by atoms with Gasteiger partial charge in [-0.2, -0.15) is 0 Å². The number of hydrogen-bond acceptors (Lipinski definition) is 2. The second-order valence-electron chi connectivity index (χ2n) is 3.73. The van der Waals surface area contributed by atoms with Gasteiger partial charge in [0.05, 0.1) is 7.11 Å². The molecule has 1 amide bonds. The Labute approximate surface area is 96.8 Å². The number of benzene rings is 1. The Morgan fingerprint density at radius 2 is 2.19 bits per heavy atom. The summed E-state index contributed by atoms with van der Waals surface area (Å²) in [7, 11) is 1.69. The molecule has 1 N–H and O–H groups in total. The first-order valence-electron chi connectivity index (χ1n) is 5.57. The van der Waals surface area contributed by atoms with Gasteiger partial charge >= 0.3 is 0 Å². The van der Waals surface area contributed by atoms with Crippen LogP contribution in [-0.2, 0) is 17.6 Å². The van der Waals surface area contributed by atoms with Crippen molar-refractivity contribution in [1.29, 1.82) is 0 Å². The minimum absolute atomic E-state index is 0.0178. The number of ether oxygens (including phenoxy) is 1. The van der Waals surface area contributed by atoms with Gasteiger partial charge in [0.25, 0.3) is 0 Å². The molecule has 88 valence electrons. The second kappa shape index (κ2) is 6.16. The van der Waals surface area contributed by atoms with E-state index in [0.29, 0.717) is 6.54 Å². The van der Waals surface area contributed by atoms with Crippen LogP contribution in [0.5, 0.6) is 5.75 Å². The normalized spacial score (nSPS) is 9.94. The van der Waals surface area contributed by atoms with E-state index in [-0.39, 0.29) is 5.91 Å². The lowest BCUT2D eigenvalue weighted by Gasteiger charge is -2.09. The molecular formula is C13H19NO2. The summed E-state index contributed by atoms with van der Waals surface area (Å²) in [5.74, 6) is 0.954. The average Bonchev–Trinajstić information content (AvgIpc) is 2.28. The first-order valence-corrected chi connectivity index (χ1v) is 5.57. The summed E-state index contributed by atoms with van der Waals surface area (Å²) < 4.78 is 5.26. The smallest absolute Gasteiger partial charge is 0.216 e. The van der Waals surface area contributed by atoms with Gasteiger partial charge in [-0.05, 0) is 30.0 Å². The fraction of sp³-hybridized carbons (Fsp3) is 0.462. The summed E-state index contributed by atoms with van der Waals surface area (Å²) >= 11 is 0. The third kappa shape index (κ3) is 3.57. The lowest BCUT2D eigenvalue weighted by Crippen LogP contribution is -2.22. The molecule has 0 atom stereocenters. The molecule has 0 aliphatic heterocycles. The van der Waals surface area contributed by atoms with E-state index in [1.807, 2.05) is 12.1 Å². The van der Waals surface area contributed by atoms with Crippen molar-refractivity contribution in [2.75, 3.05) is 13.7 Å². The lowest BCUT2D eigenvalue weighted by molar-refractivity contribution is -0.118. The van der Waals surface area contributed by atoms with Crippen molar-refractivity contribution in [3.05, 3.63) is 29.3 Å². The predicted molar refractivity (Wildman–Crippen MR) is 64.8 cm³/mol. The molecule has 1 aromatic rings. The Balaban J connectivity index is 2.64.